The number of amides is 1. The first-order valence-electron chi connectivity index (χ1n) is 8.53. The number of para-hydroxylation sites is 2. The van der Waals surface area contributed by atoms with E-state index in [1.165, 1.54) is 12.1 Å². The van der Waals surface area contributed by atoms with Crippen LogP contribution in [0, 0.1) is 0 Å². The molecule has 0 bridgehead atoms. The third-order valence-electron chi connectivity index (χ3n) is 3.83. The summed E-state index contributed by atoms with van der Waals surface area (Å²) in [5.41, 5.74) is 0.648. The highest BCUT2D eigenvalue weighted by atomic mass is 32.2. The van der Waals surface area contributed by atoms with Crippen LogP contribution in [0.2, 0.25) is 0 Å². The quantitative estimate of drug-likeness (QED) is 0.739. The maximum atomic E-state index is 12.7. The lowest BCUT2D eigenvalue weighted by Gasteiger charge is -2.14. The Bertz CT molecular complexity index is 865. The molecule has 0 saturated carbocycles. The fourth-order valence-electron chi connectivity index (χ4n) is 2.25. The van der Waals surface area contributed by atoms with Crippen LogP contribution in [0.25, 0.3) is 0 Å². The molecule has 0 fully saturated rings. The number of sulfonamides is 1. The summed E-state index contributed by atoms with van der Waals surface area (Å²) < 4.78 is 33.4. The molecule has 1 amide bonds. The molecule has 1 unspecified atom stereocenters. The van der Waals surface area contributed by atoms with Gasteiger partial charge in [0, 0.05) is 11.6 Å². The molecule has 26 heavy (non-hydrogen) atoms. The van der Waals surface area contributed by atoms with E-state index in [1.54, 1.807) is 36.4 Å². The van der Waals surface area contributed by atoms with Gasteiger partial charge in [0.1, 0.15) is 5.75 Å². The van der Waals surface area contributed by atoms with E-state index in [4.69, 9.17) is 4.74 Å². The highest BCUT2D eigenvalue weighted by Crippen LogP contribution is 2.26. The largest absolute Gasteiger partial charge is 0.492 e. The average Bonchev–Trinajstić information content (AvgIpc) is 2.63. The van der Waals surface area contributed by atoms with E-state index in [0.29, 0.717) is 23.6 Å². The Kier molecular flexibility index (Phi) is 6.63. The Labute approximate surface area is 154 Å². The molecule has 0 aromatic heterocycles. The van der Waals surface area contributed by atoms with E-state index in [1.807, 2.05) is 20.8 Å². The van der Waals surface area contributed by atoms with E-state index >= 15 is 0 Å². The molecule has 0 aliphatic heterocycles. The van der Waals surface area contributed by atoms with Crippen LogP contribution < -0.4 is 14.8 Å². The minimum absolute atomic E-state index is 0.0129. The molecule has 0 spiro atoms. The third kappa shape index (κ3) is 4.98. The van der Waals surface area contributed by atoms with Gasteiger partial charge < -0.3 is 10.1 Å². The van der Waals surface area contributed by atoms with Crippen LogP contribution in [0.15, 0.2) is 53.4 Å². The van der Waals surface area contributed by atoms with Crippen molar-refractivity contribution in [1.82, 2.24) is 5.32 Å². The highest BCUT2D eigenvalue weighted by Gasteiger charge is 2.18. The summed E-state index contributed by atoms with van der Waals surface area (Å²) in [6.07, 6.45) is 0.791. The molecule has 2 aromatic rings. The highest BCUT2D eigenvalue weighted by molar-refractivity contribution is 7.92. The lowest BCUT2D eigenvalue weighted by Crippen LogP contribution is -2.32. The van der Waals surface area contributed by atoms with Crippen molar-refractivity contribution in [3.8, 4) is 5.75 Å². The van der Waals surface area contributed by atoms with Gasteiger partial charge >= 0.3 is 0 Å². The van der Waals surface area contributed by atoms with Crippen LogP contribution in [0.1, 0.15) is 37.6 Å². The third-order valence-corrected chi connectivity index (χ3v) is 5.19. The van der Waals surface area contributed by atoms with Crippen LogP contribution in [0.4, 0.5) is 5.69 Å². The predicted molar refractivity (Wildman–Crippen MR) is 102 cm³/mol. The summed E-state index contributed by atoms with van der Waals surface area (Å²) in [6.45, 7) is 6.10. The standard InChI is InChI=1S/C19H24N2O4S/c1-4-14(3)20-19(22)15-9-8-10-16(13-15)26(23,24)21-17-11-6-7-12-18(17)25-5-2/h6-14,21H,4-5H2,1-3H3,(H,20,22). The van der Waals surface area contributed by atoms with Gasteiger partial charge in [-0.2, -0.15) is 0 Å². The molecular weight excluding hydrogens is 352 g/mol. The SMILES string of the molecule is CCOc1ccccc1NS(=O)(=O)c1cccc(C(=O)NC(C)CC)c1. The Balaban J connectivity index is 2.27. The van der Waals surface area contributed by atoms with Gasteiger partial charge in [-0.3, -0.25) is 9.52 Å². The van der Waals surface area contributed by atoms with E-state index < -0.39 is 10.0 Å². The fraction of sp³-hybridized carbons (Fsp3) is 0.316. The van der Waals surface area contributed by atoms with E-state index in [2.05, 4.69) is 10.0 Å². The number of nitrogens with one attached hydrogen (secondary N) is 2. The molecule has 1 atom stereocenters. The molecule has 7 heteroatoms. The van der Waals surface area contributed by atoms with Crippen molar-refractivity contribution in [2.75, 3.05) is 11.3 Å². The van der Waals surface area contributed by atoms with Gasteiger partial charge in [0.05, 0.1) is 17.2 Å². The van der Waals surface area contributed by atoms with Crippen molar-refractivity contribution in [1.29, 1.82) is 0 Å². The Morgan fingerprint density at radius 1 is 1.12 bits per heavy atom. The number of benzene rings is 2. The number of carbonyl (C=O) groups excluding carboxylic acids is 1. The first kappa shape index (κ1) is 19.8. The van der Waals surface area contributed by atoms with Crippen LogP contribution in [-0.4, -0.2) is 27.0 Å². The van der Waals surface area contributed by atoms with Crippen molar-refractivity contribution in [2.24, 2.45) is 0 Å². The lowest BCUT2D eigenvalue weighted by molar-refractivity contribution is 0.0939. The smallest absolute Gasteiger partial charge is 0.262 e. The maximum Gasteiger partial charge on any atom is 0.262 e. The number of ether oxygens (including phenoxy) is 1. The summed E-state index contributed by atoms with van der Waals surface area (Å²) in [5, 5.41) is 2.83. The van der Waals surface area contributed by atoms with Gasteiger partial charge in [-0.15, -0.1) is 0 Å². The fourth-order valence-corrected chi connectivity index (χ4v) is 3.37. The molecule has 0 radical (unpaired) electrons. The number of hydrogen-bond acceptors (Lipinski definition) is 4. The first-order valence-corrected chi connectivity index (χ1v) is 10.0. The molecule has 140 valence electrons. The lowest BCUT2D eigenvalue weighted by atomic mass is 10.2. The molecule has 0 saturated heterocycles. The zero-order valence-electron chi connectivity index (χ0n) is 15.2. The number of anilines is 1. The summed E-state index contributed by atoms with van der Waals surface area (Å²) in [5.74, 6) is 0.148. The predicted octanol–water partition coefficient (Wildman–Crippen LogP) is 3.41. The van der Waals surface area contributed by atoms with Crippen molar-refractivity contribution in [3.63, 3.8) is 0 Å². The molecule has 2 N–H and O–H groups in total. The Morgan fingerprint density at radius 3 is 2.54 bits per heavy atom. The van der Waals surface area contributed by atoms with Gasteiger partial charge in [0.2, 0.25) is 0 Å². The monoisotopic (exact) mass is 376 g/mol. The second kappa shape index (κ2) is 8.71. The molecular formula is C19H24N2O4S. The summed E-state index contributed by atoms with van der Waals surface area (Å²) in [4.78, 5) is 12.3. The van der Waals surface area contributed by atoms with Gasteiger partial charge in [0.15, 0.2) is 0 Å². The Hall–Kier alpha value is -2.54. The zero-order valence-corrected chi connectivity index (χ0v) is 16.0. The number of hydrogen-bond donors (Lipinski definition) is 2. The number of rotatable bonds is 8. The van der Waals surface area contributed by atoms with Crippen molar-refractivity contribution in [3.05, 3.63) is 54.1 Å². The Morgan fingerprint density at radius 2 is 1.85 bits per heavy atom. The summed E-state index contributed by atoms with van der Waals surface area (Å²) in [7, 11) is -3.85. The number of carbonyl (C=O) groups is 1. The minimum atomic E-state index is -3.85. The second-order valence-electron chi connectivity index (χ2n) is 5.85. The topological polar surface area (TPSA) is 84.5 Å². The van der Waals surface area contributed by atoms with Crippen molar-refractivity contribution in [2.45, 2.75) is 38.1 Å². The van der Waals surface area contributed by atoms with Gasteiger partial charge in [-0.1, -0.05) is 25.1 Å². The van der Waals surface area contributed by atoms with Gasteiger partial charge in [0.25, 0.3) is 15.9 Å². The minimum Gasteiger partial charge on any atom is -0.492 e. The van der Waals surface area contributed by atoms with E-state index in [-0.39, 0.29) is 16.8 Å². The van der Waals surface area contributed by atoms with E-state index in [9.17, 15) is 13.2 Å². The molecule has 2 rings (SSSR count). The molecule has 0 aliphatic carbocycles. The van der Waals surface area contributed by atoms with Crippen molar-refractivity contribution >= 4 is 21.6 Å². The van der Waals surface area contributed by atoms with Gasteiger partial charge in [-0.25, -0.2) is 8.42 Å². The average molecular weight is 376 g/mol. The van der Waals surface area contributed by atoms with Crippen LogP contribution >= 0.6 is 0 Å². The second-order valence-corrected chi connectivity index (χ2v) is 7.53. The van der Waals surface area contributed by atoms with Crippen LogP contribution in [0.5, 0.6) is 5.75 Å². The molecule has 0 aliphatic rings. The molecule has 0 heterocycles. The normalized spacial score (nSPS) is 12.3. The maximum absolute atomic E-state index is 12.7. The van der Waals surface area contributed by atoms with Crippen molar-refractivity contribution < 1.29 is 17.9 Å². The van der Waals surface area contributed by atoms with E-state index in [0.717, 1.165) is 6.42 Å². The molecule has 2 aromatic carbocycles. The van der Waals surface area contributed by atoms with Crippen LogP contribution in [-0.2, 0) is 10.0 Å². The van der Waals surface area contributed by atoms with Crippen LogP contribution in [0.3, 0.4) is 0 Å². The zero-order chi connectivity index (χ0) is 19.2. The molecule has 6 nitrogen and oxygen atoms in total. The first-order chi connectivity index (χ1) is 12.4. The summed E-state index contributed by atoms with van der Waals surface area (Å²) in [6, 6.07) is 12.8. The van der Waals surface area contributed by atoms with Gasteiger partial charge in [-0.05, 0) is 50.6 Å². The summed E-state index contributed by atoms with van der Waals surface area (Å²) >= 11 is 0.